The first-order valence-corrected chi connectivity index (χ1v) is 8.13. The molecule has 0 rings (SSSR count). The van der Waals surface area contributed by atoms with Crippen molar-refractivity contribution in [1.29, 1.82) is 0 Å². The van der Waals surface area contributed by atoms with Crippen molar-refractivity contribution in [1.82, 2.24) is 0 Å². The quantitative estimate of drug-likeness (QED) is 0.510. The summed E-state index contributed by atoms with van der Waals surface area (Å²) in [6.45, 7) is 11.6. The Balaban J connectivity index is 3.66. The second-order valence-electron chi connectivity index (χ2n) is 4.24. The molecule has 0 atom stereocenters. The smallest absolute Gasteiger partial charge is 0.383 e. The van der Waals surface area contributed by atoms with E-state index in [0.29, 0.717) is 25.0 Å². The summed E-state index contributed by atoms with van der Waals surface area (Å²) < 4.78 is 11.0. The first-order chi connectivity index (χ1) is 5.83. The lowest BCUT2D eigenvalue weighted by atomic mass is 10.2. The van der Waals surface area contributed by atoms with Gasteiger partial charge in [-0.3, -0.25) is 0 Å². The lowest BCUT2D eigenvalue weighted by Crippen LogP contribution is -2.34. The van der Waals surface area contributed by atoms with Gasteiger partial charge in [0.25, 0.3) is 0 Å². The van der Waals surface area contributed by atoms with Crippen molar-refractivity contribution in [3.8, 4) is 0 Å². The fourth-order valence-corrected chi connectivity index (χ4v) is 2.40. The Hall–Kier alpha value is 0.427. The van der Waals surface area contributed by atoms with E-state index in [2.05, 4.69) is 27.7 Å². The first-order valence-electron chi connectivity index (χ1n) is 4.80. The Kier molecular flexibility index (Phi) is 6.21. The minimum atomic E-state index is -2.36. The van der Waals surface area contributed by atoms with E-state index in [0.717, 1.165) is 0 Å². The van der Waals surface area contributed by atoms with Gasteiger partial charge in [0.2, 0.25) is 0 Å². The van der Waals surface area contributed by atoms with Crippen molar-refractivity contribution in [2.24, 2.45) is 11.8 Å². The highest BCUT2D eigenvalue weighted by Crippen LogP contribution is 2.15. The summed E-state index contributed by atoms with van der Waals surface area (Å²) in [5, 5.41) is 0. The Morgan fingerprint density at radius 1 is 1.00 bits per heavy atom. The van der Waals surface area contributed by atoms with Gasteiger partial charge in [0.15, 0.2) is 0 Å². The largest absolute Gasteiger partial charge is 0.439 e. The maximum atomic E-state index is 6.12. The fraction of sp³-hybridized carbons (Fsp3) is 1.00. The van der Waals surface area contributed by atoms with E-state index in [4.69, 9.17) is 19.9 Å². The lowest BCUT2D eigenvalue weighted by Gasteiger charge is -2.22. The predicted molar refractivity (Wildman–Crippen MR) is 59.1 cm³/mol. The predicted octanol–water partition coefficient (Wildman–Crippen LogP) is 3.14. The standard InChI is InChI=1S/C9H21ClO2Si/c1-8(2)6-11-13(5,10)12-7-9(3)4/h8-9H,6-7H2,1-5H3. The zero-order chi connectivity index (χ0) is 10.5. The summed E-state index contributed by atoms with van der Waals surface area (Å²) in [7, 11) is -2.36. The SMILES string of the molecule is CC(C)CO[Si](C)(Cl)OCC(C)C. The molecule has 13 heavy (non-hydrogen) atoms. The minimum Gasteiger partial charge on any atom is -0.383 e. The average molecular weight is 225 g/mol. The zero-order valence-corrected chi connectivity index (χ0v) is 11.0. The third-order valence-corrected chi connectivity index (χ3v) is 3.37. The summed E-state index contributed by atoms with van der Waals surface area (Å²) in [5.74, 6) is 1.02. The molecule has 80 valence electrons. The molecule has 0 aromatic heterocycles. The van der Waals surface area contributed by atoms with Crippen molar-refractivity contribution < 1.29 is 8.85 Å². The molecule has 0 saturated heterocycles. The molecule has 0 fully saturated rings. The van der Waals surface area contributed by atoms with Gasteiger partial charge in [-0.15, -0.1) is 0 Å². The van der Waals surface area contributed by atoms with Crippen molar-refractivity contribution in [3.63, 3.8) is 0 Å². The van der Waals surface area contributed by atoms with E-state index in [9.17, 15) is 0 Å². The summed E-state index contributed by atoms with van der Waals surface area (Å²) in [6, 6.07) is 0. The third kappa shape index (κ3) is 8.75. The topological polar surface area (TPSA) is 18.5 Å². The molecule has 0 aromatic carbocycles. The van der Waals surface area contributed by atoms with Crippen LogP contribution >= 0.6 is 11.1 Å². The summed E-state index contributed by atoms with van der Waals surface area (Å²) in [6.07, 6.45) is 0. The second-order valence-corrected chi connectivity index (χ2v) is 8.55. The van der Waals surface area contributed by atoms with Crippen LogP contribution in [-0.4, -0.2) is 21.1 Å². The monoisotopic (exact) mass is 224 g/mol. The Bertz CT molecular complexity index is 124. The highest BCUT2D eigenvalue weighted by molar-refractivity contribution is 7.12. The van der Waals surface area contributed by atoms with E-state index in [1.807, 2.05) is 6.55 Å². The van der Waals surface area contributed by atoms with Crippen LogP contribution in [0.25, 0.3) is 0 Å². The second kappa shape index (κ2) is 6.01. The fourth-order valence-electron chi connectivity index (χ4n) is 0.673. The maximum Gasteiger partial charge on any atom is 0.439 e. The molecule has 2 nitrogen and oxygen atoms in total. The molecular weight excluding hydrogens is 204 g/mol. The van der Waals surface area contributed by atoms with Crippen LogP contribution in [0.15, 0.2) is 0 Å². The molecule has 0 spiro atoms. The van der Waals surface area contributed by atoms with Crippen LogP contribution in [0.5, 0.6) is 0 Å². The van der Waals surface area contributed by atoms with Crippen LogP contribution in [0, 0.1) is 11.8 Å². The van der Waals surface area contributed by atoms with Gasteiger partial charge < -0.3 is 8.85 Å². The molecular formula is C9H21ClO2Si. The average Bonchev–Trinajstić information content (AvgIpc) is 1.98. The highest BCUT2D eigenvalue weighted by atomic mass is 35.6. The van der Waals surface area contributed by atoms with E-state index in [1.54, 1.807) is 0 Å². The third-order valence-electron chi connectivity index (χ3n) is 1.35. The lowest BCUT2D eigenvalue weighted by molar-refractivity contribution is 0.159. The van der Waals surface area contributed by atoms with Crippen molar-refractivity contribution in [2.45, 2.75) is 34.2 Å². The summed E-state index contributed by atoms with van der Waals surface area (Å²) >= 11 is 6.12. The molecule has 0 aromatic rings. The van der Waals surface area contributed by atoms with Crippen LogP contribution in [-0.2, 0) is 8.85 Å². The molecule has 0 bridgehead atoms. The number of halogens is 1. The molecule has 0 aliphatic carbocycles. The van der Waals surface area contributed by atoms with Crippen LogP contribution < -0.4 is 0 Å². The summed E-state index contributed by atoms with van der Waals surface area (Å²) in [5.41, 5.74) is 0. The Morgan fingerprint density at radius 3 is 1.54 bits per heavy atom. The normalized spacial score (nSPS) is 12.9. The molecule has 0 saturated carbocycles. The van der Waals surface area contributed by atoms with E-state index < -0.39 is 7.87 Å². The van der Waals surface area contributed by atoms with E-state index in [1.165, 1.54) is 0 Å². The molecule has 0 unspecified atom stereocenters. The number of rotatable bonds is 6. The van der Waals surface area contributed by atoms with Gasteiger partial charge >= 0.3 is 7.87 Å². The van der Waals surface area contributed by atoms with Crippen molar-refractivity contribution in [3.05, 3.63) is 0 Å². The molecule has 0 amide bonds. The van der Waals surface area contributed by atoms with Gasteiger partial charge in [0, 0.05) is 13.2 Å². The minimum absolute atomic E-state index is 0.508. The van der Waals surface area contributed by atoms with Crippen LogP contribution in [0.3, 0.4) is 0 Å². The molecule has 4 heteroatoms. The Morgan fingerprint density at radius 2 is 1.31 bits per heavy atom. The van der Waals surface area contributed by atoms with E-state index >= 15 is 0 Å². The van der Waals surface area contributed by atoms with Gasteiger partial charge in [-0.25, -0.2) is 0 Å². The van der Waals surface area contributed by atoms with Crippen molar-refractivity contribution in [2.75, 3.05) is 13.2 Å². The van der Waals surface area contributed by atoms with Crippen LogP contribution in [0.2, 0.25) is 6.55 Å². The number of hydrogen-bond acceptors (Lipinski definition) is 2. The van der Waals surface area contributed by atoms with Gasteiger partial charge in [-0.1, -0.05) is 38.8 Å². The molecule has 0 N–H and O–H groups in total. The van der Waals surface area contributed by atoms with Gasteiger partial charge in [0.05, 0.1) is 0 Å². The molecule has 0 heterocycles. The van der Waals surface area contributed by atoms with Gasteiger partial charge in [-0.05, 0) is 18.4 Å². The van der Waals surface area contributed by atoms with Gasteiger partial charge in [-0.2, -0.15) is 0 Å². The maximum absolute atomic E-state index is 6.12. The van der Waals surface area contributed by atoms with Crippen LogP contribution in [0.1, 0.15) is 27.7 Å². The van der Waals surface area contributed by atoms with E-state index in [-0.39, 0.29) is 0 Å². The molecule has 0 radical (unpaired) electrons. The Labute approximate surface area is 87.5 Å². The number of hydrogen-bond donors (Lipinski definition) is 0. The zero-order valence-electron chi connectivity index (χ0n) is 9.26. The molecule has 0 aliphatic rings. The highest BCUT2D eigenvalue weighted by Gasteiger charge is 2.29. The van der Waals surface area contributed by atoms with Crippen molar-refractivity contribution >= 4 is 18.9 Å². The van der Waals surface area contributed by atoms with Crippen LogP contribution in [0.4, 0.5) is 0 Å². The summed E-state index contributed by atoms with van der Waals surface area (Å²) in [4.78, 5) is 0. The van der Waals surface area contributed by atoms with Gasteiger partial charge in [0.1, 0.15) is 0 Å². The molecule has 0 aliphatic heterocycles. The first kappa shape index (κ1) is 13.4.